The number of nitrogens with one attached hydrogen (secondary N) is 1. The summed E-state index contributed by atoms with van der Waals surface area (Å²) in [5, 5.41) is 3.56. The van der Waals surface area contributed by atoms with Gasteiger partial charge in [0, 0.05) is 31.6 Å². The SMILES string of the molecule is CCCCCCCCCCCCCCCCNc1ccc(CC2=NCCCO2)cc1. The van der Waals surface area contributed by atoms with Gasteiger partial charge in [-0.25, -0.2) is 0 Å². The second kappa shape index (κ2) is 17.2. The van der Waals surface area contributed by atoms with Crippen LogP contribution in [0.25, 0.3) is 0 Å². The van der Waals surface area contributed by atoms with Gasteiger partial charge in [-0.3, -0.25) is 4.99 Å². The lowest BCUT2D eigenvalue weighted by molar-refractivity contribution is 0.276. The van der Waals surface area contributed by atoms with Crippen LogP contribution in [0.5, 0.6) is 0 Å². The van der Waals surface area contributed by atoms with Gasteiger partial charge in [-0.1, -0.05) is 103 Å². The average Bonchev–Trinajstić information content (AvgIpc) is 2.78. The highest BCUT2D eigenvalue weighted by Crippen LogP contribution is 2.14. The van der Waals surface area contributed by atoms with Gasteiger partial charge in [0.1, 0.15) is 0 Å². The van der Waals surface area contributed by atoms with E-state index in [-0.39, 0.29) is 0 Å². The molecule has 1 N–H and O–H groups in total. The number of ether oxygens (including phenoxy) is 1. The summed E-state index contributed by atoms with van der Waals surface area (Å²) < 4.78 is 5.61. The molecule has 0 radical (unpaired) electrons. The van der Waals surface area contributed by atoms with Crippen molar-refractivity contribution >= 4 is 11.6 Å². The zero-order valence-corrected chi connectivity index (χ0v) is 19.6. The molecule has 0 aliphatic carbocycles. The van der Waals surface area contributed by atoms with Gasteiger partial charge in [-0.05, 0) is 24.1 Å². The van der Waals surface area contributed by atoms with E-state index in [1.807, 2.05) is 0 Å². The van der Waals surface area contributed by atoms with Crippen molar-refractivity contribution in [2.45, 2.75) is 110 Å². The molecule has 0 atom stereocenters. The van der Waals surface area contributed by atoms with Crippen LogP contribution >= 0.6 is 0 Å². The Morgan fingerprint density at radius 3 is 1.87 bits per heavy atom. The van der Waals surface area contributed by atoms with Crippen molar-refractivity contribution in [1.29, 1.82) is 0 Å². The lowest BCUT2D eigenvalue weighted by Gasteiger charge is -2.14. The molecule has 0 amide bonds. The summed E-state index contributed by atoms with van der Waals surface area (Å²) in [6, 6.07) is 8.74. The standard InChI is InChI=1S/C27H46N2O/c1-2-3-4-5-6-7-8-9-10-11-12-13-14-15-21-28-26-19-17-25(18-20-26)24-27-29-22-16-23-30-27/h17-20,28H,2-16,21-24H2,1H3. The van der Waals surface area contributed by atoms with Crippen molar-refractivity contribution in [3.63, 3.8) is 0 Å². The summed E-state index contributed by atoms with van der Waals surface area (Å²) in [7, 11) is 0. The Kier molecular flexibility index (Phi) is 14.2. The number of rotatable bonds is 18. The summed E-state index contributed by atoms with van der Waals surface area (Å²) >= 11 is 0. The number of hydrogen-bond donors (Lipinski definition) is 1. The summed E-state index contributed by atoms with van der Waals surface area (Å²) in [5.41, 5.74) is 2.50. The molecule has 1 heterocycles. The molecule has 1 aliphatic rings. The molecule has 0 aromatic heterocycles. The van der Waals surface area contributed by atoms with Gasteiger partial charge in [-0.15, -0.1) is 0 Å². The summed E-state index contributed by atoms with van der Waals surface area (Å²) in [4.78, 5) is 4.45. The smallest absolute Gasteiger partial charge is 0.187 e. The molecule has 3 nitrogen and oxygen atoms in total. The van der Waals surface area contributed by atoms with E-state index < -0.39 is 0 Å². The molecule has 0 fully saturated rings. The first-order valence-electron chi connectivity index (χ1n) is 12.9. The van der Waals surface area contributed by atoms with Crippen LogP contribution < -0.4 is 5.32 Å². The monoisotopic (exact) mass is 414 g/mol. The average molecular weight is 415 g/mol. The zero-order valence-electron chi connectivity index (χ0n) is 19.6. The van der Waals surface area contributed by atoms with Crippen LogP contribution in [-0.4, -0.2) is 25.6 Å². The van der Waals surface area contributed by atoms with Crippen LogP contribution in [0, 0.1) is 0 Å². The number of nitrogens with zero attached hydrogens (tertiary/aromatic N) is 1. The van der Waals surface area contributed by atoms with E-state index in [0.717, 1.165) is 38.4 Å². The fourth-order valence-electron chi connectivity index (χ4n) is 4.08. The lowest BCUT2D eigenvalue weighted by atomic mass is 10.0. The van der Waals surface area contributed by atoms with Gasteiger partial charge >= 0.3 is 0 Å². The van der Waals surface area contributed by atoms with Crippen molar-refractivity contribution in [2.24, 2.45) is 4.99 Å². The largest absolute Gasteiger partial charge is 0.481 e. The first-order chi connectivity index (χ1) is 14.9. The minimum Gasteiger partial charge on any atom is -0.481 e. The Morgan fingerprint density at radius 2 is 1.33 bits per heavy atom. The Balaban J connectivity index is 1.37. The van der Waals surface area contributed by atoms with Gasteiger partial charge in [0.05, 0.1) is 6.61 Å². The maximum atomic E-state index is 5.61. The molecule has 0 saturated heterocycles. The molecule has 2 rings (SSSR count). The number of aliphatic imine (C=N–C) groups is 1. The predicted octanol–water partition coefficient (Wildman–Crippen LogP) is 7.94. The molecule has 0 unspecified atom stereocenters. The van der Waals surface area contributed by atoms with E-state index in [2.05, 4.69) is 41.5 Å². The Hall–Kier alpha value is -1.51. The van der Waals surface area contributed by atoms with E-state index in [1.165, 1.54) is 101 Å². The van der Waals surface area contributed by atoms with Crippen LogP contribution in [0.1, 0.15) is 109 Å². The molecular weight excluding hydrogens is 368 g/mol. The highest BCUT2D eigenvalue weighted by Gasteiger charge is 2.07. The Labute approximate surface area is 186 Å². The zero-order chi connectivity index (χ0) is 21.1. The van der Waals surface area contributed by atoms with E-state index in [9.17, 15) is 0 Å². The van der Waals surface area contributed by atoms with Crippen LogP contribution in [0.4, 0.5) is 5.69 Å². The topological polar surface area (TPSA) is 33.6 Å². The number of unbranched alkanes of at least 4 members (excludes halogenated alkanes) is 13. The molecule has 0 saturated carbocycles. The maximum Gasteiger partial charge on any atom is 0.187 e. The van der Waals surface area contributed by atoms with Crippen molar-refractivity contribution in [3.8, 4) is 0 Å². The third-order valence-corrected chi connectivity index (χ3v) is 6.03. The molecule has 3 heteroatoms. The molecule has 30 heavy (non-hydrogen) atoms. The third kappa shape index (κ3) is 12.2. The predicted molar refractivity (Wildman–Crippen MR) is 132 cm³/mol. The van der Waals surface area contributed by atoms with Crippen LogP contribution in [0.15, 0.2) is 29.3 Å². The van der Waals surface area contributed by atoms with Crippen molar-refractivity contribution in [3.05, 3.63) is 29.8 Å². The van der Waals surface area contributed by atoms with Crippen molar-refractivity contribution < 1.29 is 4.74 Å². The molecule has 1 aliphatic heterocycles. The molecular formula is C27H46N2O. The van der Waals surface area contributed by atoms with E-state index in [0.29, 0.717) is 0 Å². The second-order valence-corrected chi connectivity index (χ2v) is 8.87. The van der Waals surface area contributed by atoms with E-state index >= 15 is 0 Å². The fraction of sp³-hybridized carbons (Fsp3) is 0.741. The molecule has 170 valence electrons. The van der Waals surface area contributed by atoms with Gasteiger partial charge in [0.2, 0.25) is 0 Å². The van der Waals surface area contributed by atoms with Crippen LogP contribution in [0.2, 0.25) is 0 Å². The summed E-state index contributed by atoms with van der Waals surface area (Å²) in [6.07, 6.45) is 21.7. The lowest BCUT2D eigenvalue weighted by Crippen LogP contribution is -2.15. The first-order valence-corrected chi connectivity index (χ1v) is 12.9. The molecule has 0 spiro atoms. The third-order valence-electron chi connectivity index (χ3n) is 6.03. The molecule has 0 bridgehead atoms. The van der Waals surface area contributed by atoms with Crippen molar-refractivity contribution in [2.75, 3.05) is 25.0 Å². The molecule has 1 aromatic carbocycles. The van der Waals surface area contributed by atoms with Gasteiger partial charge in [0.15, 0.2) is 5.90 Å². The highest BCUT2D eigenvalue weighted by molar-refractivity contribution is 5.79. The summed E-state index contributed by atoms with van der Waals surface area (Å²) in [6.45, 7) is 5.10. The number of anilines is 1. The van der Waals surface area contributed by atoms with E-state index in [1.54, 1.807) is 0 Å². The van der Waals surface area contributed by atoms with Gasteiger partial charge < -0.3 is 10.1 Å². The van der Waals surface area contributed by atoms with Crippen molar-refractivity contribution in [1.82, 2.24) is 0 Å². The summed E-state index contributed by atoms with van der Waals surface area (Å²) in [5.74, 6) is 0.893. The Bertz CT molecular complexity index is 552. The van der Waals surface area contributed by atoms with Crippen LogP contribution in [-0.2, 0) is 11.2 Å². The quantitative estimate of drug-likeness (QED) is 0.247. The van der Waals surface area contributed by atoms with E-state index in [4.69, 9.17) is 4.74 Å². The van der Waals surface area contributed by atoms with Gasteiger partial charge in [0.25, 0.3) is 0 Å². The minimum absolute atomic E-state index is 0.817. The first kappa shape index (κ1) is 24.8. The molecule has 1 aromatic rings. The maximum absolute atomic E-state index is 5.61. The minimum atomic E-state index is 0.817. The number of benzene rings is 1. The van der Waals surface area contributed by atoms with Gasteiger partial charge in [-0.2, -0.15) is 0 Å². The second-order valence-electron chi connectivity index (χ2n) is 8.87. The highest BCUT2D eigenvalue weighted by atomic mass is 16.5. The fourth-order valence-corrected chi connectivity index (χ4v) is 4.08. The number of hydrogen-bond acceptors (Lipinski definition) is 3. The normalized spacial score (nSPS) is 13.7. The Morgan fingerprint density at radius 1 is 0.767 bits per heavy atom. The van der Waals surface area contributed by atoms with Crippen LogP contribution in [0.3, 0.4) is 0 Å².